The molecule has 0 saturated heterocycles. The maximum Gasteiger partial charge on any atom is 0.0279 e. The zero-order valence-electron chi connectivity index (χ0n) is 11.7. The molecule has 0 aliphatic carbocycles. The van der Waals surface area contributed by atoms with Gasteiger partial charge in [0.05, 0.1) is 0 Å². The van der Waals surface area contributed by atoms with E-state index in [2.05, 4.69) is 58.2 Å². The summed E-state index contributed by atoms with van der Waals surface area (Å²) < 4.78 is 0. The number of nitrogens with two attached hydrogens (primary N) is 1. The van der Waals surface area contributed by atoms with Crippen molar-refractivity contribution in [1.29, 1.82) is 0 Å². The Labute approximate surface area is 106 Å². The highest BCUT2D eigenvalue weighted by molar-refractivity contribution is 5.34. The van der Waals surface area contributed by atoms with Crippen LogP contribution < -0.4 is 11.3 Å². The monoisotopic (exact) mass is 234 g/mol. The minimum Gasteiger partial charge on any atom is -0.271 e. The fraction of sp³-hybridized carbons (Fsp3) is 0.600. The van der Waals surface area contributed by atoms with Gasteiger partial charge in [0.1, 0.15) is 0 Å². The van der Waals surface area contributed by atoms with Crippen LogP contribution in [0.4, 0.5) is 0 Å². The third-order valence-electron chi connectivity index (χ3n) is 3.97. The summed E-state index contributed by atoms with van der Waals surface area (Å²) in [5, 5.41) is 0. The third-order valence-corrected chi connectivity index (χ3v) is 3.97. The average molecular weight is 234 g/mol. The summed E-state index contributed by atoms with van der Waals surface area (Å²) >= 11 is 0. The van der Waals surface area contributed by atoms with Gasteiger partial charge in [-0.2, -0.15) is 0 Å². The molecule has 0 amide bonds. The van der Waals surface area contributed by atoms with Gasteiger partial charge in [-0.25, -0.2) is 0 Å². The van der Waals surface area contributed by atoms with Crippen molar-refractivity contribution in [3.8, 4) is 0 Å². The Kier molecular flexibility index (Phi) is 5.16. The zero-order valence-corrected chi connectivity index (χ0v) is 11.7. The molecule has 1 rings (SSSR count). The predicted octanol–water partition coefficient (Wildman–Crippen LogP) is 2.97. The van der Waals surface area contributed by atoms with E-state index in [-0.39, 0.29) is 0 Å². The lowest BCUT2D eigenvalue weighted by Gasteiger charge is -2.27. The van der Waals surface area contributed by atoms with E-state index in [9.17, 15) is 0 Å². The molecule has 96 valence electrons. The van der Waals surface area contributed by atoms with E-state index in [0.717, 1.165) is 6.42 Å². The SMILES string of the molecule is Cc1cccc(C)c1CC(NN)C(C)C(C)C. The number of benzene rings is 1. The number of nitrogens with one attached hydrogen (secondary N) is 1. The van der Waals surface area contributed by atoms with E-state index in [1.165, 1.54) is 16.7 Å². The summed E-state index contributed by atoms with van der Waals surface area (Å²) in [6.45, 7) is 11.1. The standard InChI is InChI=1S/C15H26N2/c1-10(2)13(5)15(17-16)9-14-11(3)7-6-8-12(14)4/h6-8,10,13,15,17H,9,16H2,1-5H3. The Morgan fingerprint density at radius 1 is 1.12 bits per heavy atom. The summed E-state index contributed by atoms with van der Waals surface area (Å²) in [6, 6.07) is 6.81. The van der Waals surface area contributed by atoms with Crippen LogP contribution in [0.5, 0.6) is 0 Å². The first-order chi connectivity index (χ1) is 7.97. The normalized spacial score (nSPS) is 15.0. The highest BCUT2D eigenvalue weighted by Gasteiger charge is 2.20. The minimum atomic E-state index is 0.342. The smallest absolute Gasteiger partial charge is 0.0279 e. The molecule has 1 aromatic rings. The molecule has 0 bridgehead atoms. The van der Waals surface area contributed by atoms with Gasteiger partial charge >= 0.3 is 0 Å². The van der Waals surface area contributed by atoms with Gasteiger partial charge in [-0.3, -0.25) is 11.3 Å². The van der Waals surface area contributed by atoms with Crippen molar-refractivity contribution in [2.75, 3.05) is 0 Å². The quantitative estimate of drug-likeness (QED) is 0.607. The lowest BCUT2D eigenvalue weighted by atomic mass is 9.85. The molecule has 0 aromatic heterocycles. The summed E-state index contributed by atoms with van der Waals surface area (Å²) in [5.74, 6) is 6.92. The van der Waals surface area contributed by atoms with Crippen LogP contribution >= 0.6 is 0 Å². The molecule has 2 atom stereocenters. The van der Waals surface area contributed by atoms with Gasteiger partial charge in [-0.05, 0) is 48.8 Å². The van der Waals surface area contributed by atoms with Crippen molar-refractivity contribution in [2.45, 2.75) is 47.1 Å². The van der Waals surface area contributed by atoms with Crippen molar-refractivity contribution in [1.82, 2.24) is 5.43 Å². The fourth-order valence-electron chi connectivity index (χ4n) is 2.25. The number of rotatable bonds is 5. The lowest BCUT2D eigenvalue weighted by Crippen LogP contribution is -2.43. The molecule has 0 saturated carbocycles. The maximum absolute atomic E-state index is 5.71. The van der Waals surface area contributed by atoms with E-state index in [1.807, 2.05) is 0 Å². The second-order valence-electron chi connectivity index (χ2n) is 5.45. The van der Waals surface area contributed by atoms with Crippen molar-refractivity contribution in [2.24, 2.45) is 17.7 Å². The Bertz CT molecular complexity index is 338. The molecule has 0 spiro atoms. The summed E-state index contributed by atoms with van der Waals surface area (Å²) in [5.41, 5.74) is 7.14. The van der Waals surface area contributed by atoms with Gasteiger partial charge in [-0.1, -0.05) is 39.0 Å². The summed E-state index contributed by atoms with van der Waals surface area (Å²) in [6.07, 6.45) is 1.01. The van der Waals surface area contributed by atoms with Gasteiger partial charge in [-0.15, -0.1) is 0 Å². The largest absolute Gasteiger partial charge is 0.271 e. The Balaban J connectivity index is 2.88. The second-order valence-corrected chi connectivity index (χ2v) is 5.45. The van der Waals surface area contributed by atoms with E-state index >= 15 is 0 Å². The first kappa shape index (κ1) is 14.2. The number of hydrazine groups is 1. The summed E-state index contributed by atoms with van der Waals surface area (Å²) in [7, 11) is 0. The Morgan fingerprint density at radius 2 is 1.65 bits per heavy atom. The molecule has 1 aromatic carbocycles. The second kappa shape index (κ2) is 6.18. The number of hydrogen-bond acceptors (Lipinski definition) is 2. The molecule has 0 aliphatic heterocycles. The van der Waals surface area contributed by atoms with Crippen LogP contribution in [0.3, 0.4) is 0 Å². The van der Waals surface area contributed by atoms with Crippen LogP contribution in [0.25, 0.3) is 0 Å². The highest BCUT2D eigenvalue weighted by atomic mass is 15.2. The van der Waals surface area contributed by atoms with Gasteiger partial charge in [0.15, 0.2) is 0 Å². The van der Waals surface area contributed by atoms with Crippen molar-refractivity contribution >= 4 is 0 Å². The van der Waals surface area contributed by atoms with Crippen LogP contribution in [-0.4, -0.2) is 6.04 Å². The van der Waals surface area contributed by atoms with Crippen LogP contribution in [0.1, 0.15) is 37.5 Å². The first-order valence-electron chi connectivity index (χ1n) is 6.48. The molecule has 0 aliphatic rings. The van der Waals surface area contributed by atoms with E-state index in [0.29, 0.717) is 17.9 Å². The lowest BCUT2D eigenvalue weighted by molar-refractivity contribution is 0.299. The van der Waals surface area contributed by atoms with Crippen LogP contribution in [0.2, 0.25) is 0 Å². The average Bonchev–Trinajstić information content (AvgIpc) is 2.28. The summed E-state index contributed by atoms with van der Waals surface area (Å²) in [4.78, 5) is 0. The molecular weight excluding hydrogens is 208 g/mol. The predicted molar refractivity (Wildman–Crippen MR) is 74.7 cm³/mol. The van der Waals surface area contributed by atoms with Gasteiger partial charge in [0.2, 0.25) is 0 Å². The molecular formula is C15H26N2. The zero-order chi connectivity index (χ0) is 13.0. The molecule has 0 fully saturated rings. The van der Waals surface area contributed by atoms with Crippen LogP contribution in [-0.2, 0) is 6.42 Å². The van der Waals surface area contributed by atoms with E-state index in [4.69, 9.17) is 5.84 Å². The molecule has 2 unspecified atom stereocenters. The molecule has 0 heterocycles. The maximum atomic E-state index is 5.71. The third kappa shape index (κ3) is 3.55. The first-order valence-corrected chi connectivity index (χ1v) is 6.48. The topological polar surface area (TPSA) is 38.0 Å². The van der Waals surface area contributed by atoms with Crippen LogP contribution in [0.15, 0.2) is 18.2 Å². The van der Waals surface area contributed by atoms with Crippen molar-refractivity contribution in [3.05, 3.63) is 34.9 Å². The molecule has 0 radical (unpaired) electrons. The molecule has 2 heteroatoms. The van der Waals surface area contributed by atoms with E-state index < -0.39 is 0 Å². The van der Waals surface area contributed by atoms with Gasteiger partial charge in [0.25, 0.3) is 0 Å². The molecule has 2 nitrogen and oxygen atoms in total. The van der Waals surface area contributed by atoms with Crippen molar-refractivity contribution < 1.29 is 0 Å². The van der Waals surface area contributed by atoms with E-state index in [1.54, 1.807) is 0 Å². The van der Waals surface area contributed by atoms with Crippen LogP contribution in [0, 0.1) is 25.7 Å². The van der Waals surface area contributed by atoms with Crippen molar-refractivity contribution in [3.63, 3.8) is 0 Å². The fourth-order valence-corrected chi connectivity index (χ4v) is 2.25. The van der Waals surface area contributed by atoms with Gasteiger partial charge in [0, 0.05) is 6.04 Å². The Hall–Kier alpha value is -0.860. The number of hydrogen-bond donors (Lipinski definition) is 2. The minimum absolute atomic E-state index is 0.342. The number of aryl methyl sites for hydroxylation is 2. The molecule has 3 N–H and O–H groups in total. The highest BCUT2D eigenvalue weighted by Crippen LogP contribution is 2.21. The molecule has 17 heavy (non-hydrogen) atoms. The van der Waals surface area contributed by atoms with Gasteiger partial charge < -0.3 is 0 Å². The Morgan fingerprint density at radius 3 is 2.06 bits per heavy atom.